The van der Waals surface area contributed by atoms with E-state index in [1.807, 2.05) is 22.9 Å². The van der Waals surface area contributed by atoms with Crippen LogP contribution in [0.4, 0.5) is 0 Å². The minimum absolute atomic E-state index is 0.0217. The molecule has 7 heteroatoms. The van der Waals surface area contributed by atoms with Crippen LogP contribution < -0.4 is 0 Å². The molecule has 1 N–H and O–H groups in total. The molecule has 3 heterocycles. The van der Waals surface area contributed by atoms with Crippen molar-refractivity contribution in [2.24, 2.45) is 5.10 Å². The number of hydrogen-bond acceptors (Lipinski definition) is 5. The van der Waals surface area contributed by atoms with Crippen molar-refractivity contribution >= 4 is 28.9 Å². The standard InChI is InChI=1S/C16H16N2O4S/c19-15(4-1-5-16(20)21)18-13(14-3-2-7-22-14)9-12(17-18)11-6-8-23-10-11/h2-3,6-8,10,13H,1,4-5,9H2,(H,20,21)/t13-/m1/s1. The molecule has 6 nitrogen and oxygen atoms in total. The van der Waals surface area contributed by atoms with E-state index in [1.54, 1.807) is 23.7 Å². The number of furan rings is 1. The molecule has 0 aliphatic carbocycles. The summed E-state index contributed by atoms with van der Waals surface area (Å²) in [5.74, 6) is -0.396. The van der Waals surface area contributed by atoms with Crippen LogP contribution >= 0.6 is 11.3 Å². The monoisotopic (exact) mass is 332 g/mol. The SMILES string of the molecule is O=C(O)CCCC(=O)N1N=C(c2ccsc2)C[C@@H]1c1ccco1. The molecule has 1 aliphatic rings. The van der Waals surface area contributed by atoms with Gasteiger partial charge in [0.1, 0.15) is 11.8 Å². The second-order valence-electron chi connectivity index (χ2n) is 5.28. The number of aliphatic carboxylic acids is 1. The highest BCUT2D eigenvalue weighted by atomic mass is 32.1. The molecule has 2 aromatic heterocycles. The zero-order valence-electron chi connectivity index (χ0n) is 12.3. The van der Waals surface area contributed by atoms with E-state index in [9.17, 15) is 9.59 Å². The molecule has 0 spiro atoms. The van der Waals surface area contributed by atoms with Crippen LogP contribution in [0.15, 0.2) is 44.7 Å². The Morgan fingerprint density at radius 2 is 2.26 bits per heavy atom. The Morgan fingerprint density at radius 3 is 2.91 bits per heavy atom. The molecule has 0 unspecified atom stereocenters. The van der Waals surface area contributed by atoms with Gasteiger partial charge in [0.05, 0.1) is 12.0 Å². The van der Waals surface area contributed by atoms with Crippen molar-refractivity contribution in [3.8, 4) is 0 Å². The van der Waals surface area contributed by atoms with Crippen LogP contribution in [-0.2, 0) is 9.59 Å². The van der Waals surface area contributed by atoms with E-state index in [0.29, 0.717) is 18.6 Å². The van der Waals surface area contributed by atoms with Gasteiger partial charge in [-0.2, -0.15) is 16.4 Å². The first kappa shape index (κ1) is 15.5. The first-order chi connectivity index (χ1) is 11.1. The minimum atomic E-state index is -0.899. The van der Waals surface area contributed by atoms with Crippen molar-refractivity contribution in [3.05, 3.63) is 46.5 Å². The number of carboxylic acids is 1. The van der Waals surface area contributed by atoms with E-state index in [-0.39, 0.29) is 24.8 Å². The lowest BCUT2D eigenvalue weighted by molar-refractivity contribution is -0.137. The maximum Gasteiger partial charge on any atom is 0.303 e. The molecule has 23 heavy (non-hydrogen) atoms. The lowest BCUT2D eigenvalue weighted by Gasteiger charge is -2.19. The fourth-order valence-corrected chi connectivity index (χ4v) is 3.22. The fourth-order valence-electron chi connectivity index (χ4n) is 2.55. The summed E-state index contributed by atoms with van der Waals surface area (Å²) < 4.78 is 5.45. The second-order valence-corrected chi connectivity index (χ2v) is 6.06. The van der Waals surface area contributed by atoms with Gasteiger partial charge in [-0.05, 0) is 35.4 Å². The van der Waals surface area contributed by atoms with Crippen LogP contribution in [0.25, 0.3) is 0 Å². The predicted molar refractivity (Wildman–Crippen MR) is 85.3 cm³/mol. The summed E-state index contributed by atoms with van der Waals surface area (Å²) in [5.41, 5.74) is 1.85. The number of carbonyl (C=O) groups excluding carboxylic acids is 1. The van der Waals surface area contributed by atoms with Crippen molar-refractivity contribution in [3.63, 3.8) is 0 Å². The Kier molecular flexibility index (Phi) is 4.57. The smallest absolute Gasteiger partial charge is 0.303 e. The van der Waals surface area contributed by atoms with E-state index in [0.717, 1.165) is 11.3 Å². The molecule has 3 rings (SSSR count). The molecule has 1 aliphatic heterocycles. The number of hydrogen-bond donors (Lipinski definition) is 1. The third-order valence-corrected chi connectivity index (χ3v) is 4.36. The second kappa shape index (κ2) is 6.78. The molecular weight excluding hydrogens is 316 g/mol. The normalized spacial score (nSPS) is 17.3. The Hall–Kier alpha value is -2.41. The molecule has 120 valence electrons. The van der Waals surface area contributed by atoms with Crippen LogP contribution in [0, 0.1) is 0 Å². The highest BCUT2D eigenvalue weighted by Gasteiger charge is 2.34. The molecule has 0 aromatic carbocycles. The summed E-state index contributed by atoms with van der Waals surface area (Å²) in [7, 11) is 0. The van der Waals surface area contributed by atoms with E-state index >= 15 is 0 Å². The summed E-state index contributed by atoms with van der Waals surface area (Å²) in [6, 6.07) is 5.32. The van der Waals surface area contributed by atoms with Gasteiger partial charge in [-0.15, -0.1) is 0 Å². The van der Waals surface area contributed by atoms with E-state index < -0.39 is 5.97 Å². The molecule has 1 amide bonds. The molecule has 0 bridgehead atoms. The molecule has 0 saturated heterocycles. The van der Waals surface area contributed by atoms with Crippen LogP contribution in [-0.4, -0.2) is 27.7 Å². The van der Waals surface area contributed by atoms with Crippen molar-refractivity contribution in [2.75, 3.05) is 0 Å². The predicted octanol–water partition coefficient (Wildman–Crippen LogP) is 3.27. The number of amides is 1. The number of thiophene rings is 1. The summed E-state index contributed by atoms with van der Waals surface area (Å²) in [5, 5.41) is 18.6. The van der Waals surface area contributed by atoms with Crippen LogP contribution in [0.1, 0.15) is 43.0 Å². The number of carboxylic acid groups (broad SMARTS) is 1. The minimum Gasteiger partial charge on any atom is -0.481 e. The van der Waals surface area contributed by atoms with Gasteiger partial charge in [0.25, 0.3) is 0 Å². The summed E-state index contributed by atoms with van der Waals surface area (Å²) in [4.78, 5) is 23.0. The van der Waals surface area contributed by atoms with Crippen molar-refractivity contribution in [2.45, 2.75) is 31.7 Å². The highest BCUT2D eigenvalue weighted by molar-refractivity contribution is 7.08. The van der Waals surface area contributed by atoms with E-state index in [2.05, 4.69) is 5.10 Å². The third-order valence-electron chi connectivity index (χ3n) is 3.67. The maximum absolute atomic E-state index is 12.4. The van der Waals surface area contributed by atoms with Gasteiger partial charge < -0.3 is 9.52 Å². The number of rotatable bonds is 6. The Bertz CT molecular complexity index is 707. The summed E-state index contributed by atoms with van der Waals surface area (Å²) in [6.45, 7) is 0. The zero-order valence-corrected chi connectivity index (χ0v) is 13.2. The van der Waals surface area contributed by atoms with Gasteiger partial charge in [-0.1, -0.05) is 0 Å². The van der Waals surface area contributed by atoms with Crippen molar-refractivity contribution in [1.29, 1.82) is 0 Å². The van der Waals surface area contributed by atoms with Gasteiger partial charge in [0.2, 0.25) is 5.91 Å². The van der Waals surface area contributed by atoms with Gasteiger partial charge in [0.15, 0.2) is 0 Å². The van der Waals surface area contributed by atoms with Gasteiger partial charge in [-0.3, -0.25) is 9.59 Å². The lowest BCUT2D eigenvalue weighted by atomic mass is 10.0. The van der Waals surface area contributed by atoms with E-state index in [1.165, 1.54) is 5.01 Å². The summed E-state index contributed by atoms with van der Waals surface area (Å²) >= 11 is 1.58. The van der Waals surface area contributed by atoms with Crippen LogP contribution in [0.2, 0.25) is 0 Å². The summed E-state index contributed by atoms with van der Waals surface area (Å²) in [6.07, 6.45) is 2.61. The topological polar surface area (TPSA) is 83.1 Å². The maximum atomic E-state index is 12.4. The first-order valence-corrected chi connectivity index (χ1v) is 8.26. The lowest BCUT2D eigenvalue weighted by Crippen LogP contribution is -2.26. The molecule has 0 radical (unpaired) electrons. The number of nitrogens with zero attached hydrogens (tertiary/aromatic N) is 2. The Balaban J connectivity index is 1.77. The fraction of sp³-hybridized carbons (Fsp3) is 0.312. The zero-order chi connectivity index (χ0) is 16.2. The van der Waals surface area contributed by atoms with E-state index in [4.69, 9.17) is 9.52 Å². The average Bonchev–Trinajstić information content (AvgIpc) is 3.26. The van der Waals surface area contributed by atoms with Crippen molar-refractivity contribution < 1.29 is 19.1 Å². The number of hydrazone groups is 1. The largest absolute Gasteiger partial charge is 0.481 e. The Morgan fingerprint density at radius 1 is 1.39 bits per heavy atom. The molecule has 2 aromatic rings. The van der Waals surface area contributed by atoms with Crippen LogP contribution in [0.3, 0.4) is 0 Å². The molecule has 0 fully saturated rings. The molecular formula is C16H16N2O4S. The highest BCUT2D eigenvalue weighted by Crippen LogP contribution is 2.34. The third kappa shape index (κ3) is 3.50. The van der Waals surface area contributed by atoms with Crippen LogP contribution in [0.5, 0.6) is 0 Å². The average molecular weight is 332 g/mol. The molecule has 1 atom stereocenters. The molecule has 0 saturated carbocycles. The Labute approximate surface area is 137 Å². The first-order valence-electron chi connectivity index (χ1n) is 7.32. The van der Waals surface area contributed by atoms with Crippen molar-refractivity contribution in [1.82, 2.24) is 5.01 Å². The van der Waals surface area contributed by atoms with Gasteiger partial charge in [-0.25, -0.2) is 5.01 Å². The quantitative estimate of drug-likeness (QED) is 0.880. The number of carbonyl (C=O) groups is 2. The van der Waals surface area contributed by atoms with Gasteiger partial charge >= 0.3 is 5.97 Å². The van der Waals surface area contributed by atoms with Gasteiger partial charge in [0, 0.05) is 24.8 Å².